The van der Waals surface area contributed by atoms with Crippen LogP contribution in [0.1, 0.15) is 33.3 Å². The molecule has 5 nitrogen and oxygen atoms in total. The van der Waals surface area contributed by atoms with Gasteiger partial charge in [0.2, 0.25) is 0 Å². The van der Waals surface area contributed by atoms with Crippen molar-refractivity contribution < 1.29 is 22.7 Å². The van der Waals surface area contributed by atoms with E-state index in [1.54, 1.807) is 35.7 Å². The van der Waals surface area contributed by atoms with Crippen LogP contribution in [0.15, 0.2) is 36.5 Å². The van der Waals surface area contributed by atoms with E-state index in [1.165, 1.54) is 12.1 Å². The molecule has 0 fully saturated rings. The number of anilines is 2. The van der Waals surface area contributed by atoms with E-state index in [9.17, 15) is 18.0 Å². The number of aromatic nitrogens is 2. The number of rotatable bonds is 3. The first kappa shape index (κ1) is 20.8. The molecule has 0 radical (unpaired) electrons. The van der Waals surface area contributed by atoms with Crippen molar-refractivity contribution in [2.75, 3.05) is 18.1 Å². The monoisotopic (exact) mass is 383 g/mol. The Morgan fingerprint density at radius 1 is 1.19 bits per heavy atom. The number of benzene rings is 1. The quantitative estimate of drug-likeness (QED) is 0.724. The average molecular weight is 383 g/mol. The van der Waals surface area contributed by atoms with E-state index in [0.717, 1.165) is 18.0 Å². The highest BCUT2D eigenvalue weighted by Gasteiger charge is 2.42. The molecular weight excluding hydrogens is 359 g/mol. The zero-order valence-corrected chi connectivity index (χ0v) is 15.9. The van der Waals surface area contributed by atoms with Crippen LogP contribution in [0, 0.1) is 5.41 Å². The summed E-state index contributed by atoms with van der Waals surface area (Å²) in [5, 5.41) is 4.21. The molecule has 0 amide bonds. The van der Waals surface area contributed by atoms with Crippen LogP contribution >= 0.6 is 0 Å². The lowest BCUT2D eigenvalue weighted by Crippen LogP contribution is -2.48. The minimum atomic E-state index is -4.39. The third-order valence-electron chi connectivity index (χ3n) is 4.25. The number of carbonyl (C=O) groups excluding carboxylic acids is 1. The van der Waals surface area contributed by atoms with E-state index in [-0.39, 0.29) is 12.6 Å². The Morgan fingerprint density at radius 3 is 2.37 bits per heavy atom. The smallest absolute Gasteiger partial charge is 0.416 e. The van der Waals surface area contributed by atoms with Gasteiger partial charge in [-0.05, 0) is 38.1 Å². The van der Waals surface area contributed by atoms with Crippen LogP contribution in [0.4, 0.5) is 24.7 Å². The second-order valence-electron chi connectivity index (χ2n) is 6.26. The first-order valence-electron chi connectivity index (χ1n) is 8.88. The average Bonchev–Trinajstić information content (AvgIpc) is 3.10. The summed E-state index contributed by atoms with van der Waals surface area (Å²) in [5.74, 6) is 0.370. The van der Waals surface area contributed by atoms with Crippen LogP contribution in [0.3, 0.4) is 0 Å². The summed E-state index contributed by atoms with van der Waals surface area (Å²) in [6.45, 7) is 8.42. The summed E-state index contributed by atoms with van der Waals surface area (Å²) in [7, 11) is 0. The van der Waals surface area contributed by atoms with Crippen molar-refractivity contribution >= 4 is 17.5 Å². The molecule has 0 spiro atoms. The van der Waals surface area contributed by atoms with E-state index in [0.29, 0.717) is 18.8 Å². The number of carbonyl (C=O) groups is 1. The van der Waals surface area contributed by atoms with Crippen LogP contribution in [-0.4, -0.2) is 28.9 Å². The molecule has 0 saturated carbocycles. The molecule has 2 heterocycles. The summed E-state index contributed by atoms with van der Waals surface area (Å²) in [4.78, 5) is 14.2. The van der Waals surface area contributed by atoms with Gasteiger partial charge in [-0.3, -0.25) is 4.79 Å². The molecule has 1 aliphatic rings. The lowest BCUT2D eigenvalue weighted by Gasteiger charge is -2.39. The predicted molar refractivity (Wildman–Crippen MR) is 96.8 cm³/mol. The number of hydrogen-bond acceptors (Lipinski definition) is 4. The minimum Gasteiger partial charge on any atom is -0.465 e. The molecule has 0 aliphatic carbocycles. The summed E-state index contributed by atoms with van der Waals surface area (Å²) in [5.41, 5.74) is -1.00. The first-order chi connectivity index (χ1) is 12.7. The molecule has 1 atom stereocenters. The topological polar surface area (TPSA) is 47.4 Å². The van der Waals surface area contributed by atoms with Crippen LogP contribution in [0.5, 0.6) is 0 Å². The summed E-state index contributed by atoms with van der Waals surface area (Å²) in [6.07, 6.45) is -2.79. The van der Waals surface area contributed by atoms with Crippen LogP contribution in [-0.2, 0) is 22.3 Å². The molecule has 1 aromatic heterocycles. The zero-order valence-electron chi connectivity index (χ0n) is 15.9. The van der Waals surface area contributed by atoms with Gasteiger partial charge in [0, 0.05) is 18.3 Å². The van der Waals surface area contributed by atoms with E-state index in [4.69, 9.17) is 4.74 Å². The Bertz CT molecular complexity index is 771. The fraction of sp³-hybridized carbons (Fsp3) is 0.474. The van der Waals surface area contributed by atoms with Gasteiger partial charge in [0.1, 0.15) is 11.2 Å². The SMILES string of the molecule is CC.CCOC(=O)C1(C)CN(c2ccc(C(F)(F)F)cc2)c2ccnn2C1. The number of ether oxygens (including phenoxy) is 1. The molecule has 0 saturated heterocycles. The van der Waals surface area contributed by atoms with Crippen molar-refractivity contribution in [1.29, 1.82) is 0 Å². The van der Waals surface area contributed by atoms with Crippen molar-refractivity contribution in [2.45, 2.75) is 40.4 Å². The highest BCUT2D eigenvalue weighted by molar-refractivity contribution is 5.79. The highest BCUT2D eigenvalue weighted by atomic mass is 19.4. The number of fused-ring (bicyclic) bond motifs is 1. The molecule has 0 N–H and O–H groups in total. The minimum absolute atomic E-state index is 0.265. The van der Waals surface area contributed by atoms with Crippen molar-refractivity contribution in [2.24, 2.45) is 5.41 Å². The summed E-state index contributed by atoms with van der Waals surface area (Å²) < 4.78 is 45.2. The van der Waals surface area contributed by atoms with Gasteiger partial charge in [0.15, 0.2) is 0 Å². The fourth-order valence-electron chi connectivity index (χ4n) is 2.98. The van der Waals surface area contributed by atoms with Gasteiger partial charge in [0.25, 0.3) is 0 Å². The Morgan fingerprint density at radius 2 is 1.81 bits per heavy atom. The Balaban J connectivity index is 0.00000126. The van der Waals surface area contributed by atoms with Gasteiger partial charge in [0.05, 0.1) is 24.9 Å². The number of alkyl halides is 3. The second kappa shape index (κ2) is 8.02. The maximum Gasteiger partial charge on any atom is 0.416 e. The van der Waals surface area contributed by atoms with E-state index in [1.807, 2.05) is 13.8 Å². The van der Waals surface area contributed by atoms with Crippen molar-refractivity contribution in [1.82, 2.24) is 9.78 Å². The van der Waals surface area contributed by atoms with Crippen molar-refractivity contribution in [3.63, 3.8) is 0 Å². The number of halogens is 3. The molecule has 3 rings (SSSR count). The van der Waals surface area contributed by atoms with Crippen LogP contribution < -0.4 is 4.90 Å². The van der Waals surface area contributed by atoms with E-state index in [2.05, 4.69) is 5.10 Å². The fourth-order valence-corrected chi connectivity index (χ4v) is 2.98. The molecular formula is C19H24F3N3O2. The van der Waals surface area contributed by atoms with Gasteiger partial charge in [-0.15, -0.1) is 0 Å². The van der Waals surface area contributed by atoms with Crippen LogP contribution in [0.2, 0.25) is 0 Å². The standard InChI is InChI=1S/C17H18F3N3O2.C2H6/c1-3-25-15(24)16(2)10-22(14-8-9-21-23(14)11-16)13-6-4-12(5-7-13)17(18,19)20;1-2/h4-9H,3,10-11H2,1-2H3;1-2H3. The third kappa shape index (κ3) is 4.26. The van der Waals surface area contributed by atoms with Crippen molar-refractivity contribution in [3.8, 4) is 0 Å². The van der Waals surface area contributed by atoms with Gasteiger partial charge in [-0.2, -0.15) is 18.3 Å². The molecule has 2 aromatic rings. The molecule has 27 heavy (non-hydrogen) atoms. The molecule has 1 unspecified atom stereocenters. The Hall–Kier alpha value is -2.51. The van der Waals surface area contributed by atoms with Gasteiger partial charge in [-0.1, -0.05) is 13.8 Å². The Labute approximate surface area is 156 Å². The molecule has 1 aliphatic heterocycles. The maximum atomic E-state index is 12.8. The van der Waals surface area contributed by atoms with Crippen molar-refractivity contribution in [3.05, 3.63) is 42.1 Å². The van der Waals surface area contributed by atoms with E-state index < -0.39 is 17.2 Å². The van der Waals surface area contributed by atoms with Crippen LogP contribution in [0.25, 0.3) is 0 Å². The lowest BCUT2D eigenvalue weighted by atomic mass is 9.88. The van der Waals surface area contributed by atoms with Gasteiger partial charge < -0.3 is 9.64 Å². The van der Waals surface area contributed by atoms with E-state index >= 15 is 0 Å². The predicted octanol–water partition coefficient (Wildman–Crippen LogP) is 4.65. The third-order valence-corrected chi connectivity index (χ3v) is 4.25. The number of nitrogens with zero attached hydrogens (tertiary/aromatic N) is 3. The number of esters is 1. The molecule has 8 heteroatoms. The summed E-state index contributed by atoms with van der Waals surface area (Å²) in [6, 6.07) is 6.63. The van der Waals surface area contributed by atoms with Gasteiger partial charge >= 0.3 is 12.1 Å². The molecule has 1 aromatic carbocycles. The zero-order chi connectivity index (χ0) is 20.2. The molecule has 148 valence electrons. The Kier molecular flexibility index (Phi) is 6.18. The first-order valence-corrected chi connectivity index (χ1v) is 8.88. The second-order valence-corrected chi connectivity index (χ2v) is 6.26. The normalized spacial score (nSPS) is 19.0. The number of hydrogen-bond donors (Lipinski definition) is 0. The summed E-state index contributed by atoms with van der Waals surface area (Å²) >= 11 is 0. The lowest BCUT2D eigenvalue weighted by molar-refractivity contribution is -0.155. The largest absolute Gasteiger partial charge is 0.465 e. The highest BCUT2D eigenvalue weighted by Crippen LogP contribution is 2.38. The molecule has 0 bridgehead atoms. The van der Waals surface area contributed by atoms with Gasteiger partial charge in [-0.25, -0.2) is 4.68 Å². The maximum absolute atomic E-state index is 12.8.